The van der Waals surface area contributed by atoms with E-state index in [0.717, 1.165) is 54.7 Å². The van der Waals surface area contributed by atoms with E-state index in [-0.39, 0.29) is 12.1 Å². The number of likely N-dealkylation sites (tertiary alicyclic amines) is 1. The van der Waals surface area contributed by atoms with E-state index in [1.165, 1.54) is 0 Å². The largest absolute Gasteiger partial charge is 0.385 e. The first-order chi connectivity index (χ1) is 12.6. The maximum atomic E-state index is 12.9. The van der Waals surface area contributed by atoms with Crippen molar-refractivity contribution in [1.82, 2.24) is 25.1 Å². The third kappa shape index (κ3) is 4.01. The van der Waals surface area contributed by atoms with E-state index in [9.17, 15) is 4.79 Å². The number of hydrogen-bond donors (Lipinski definition) is 1. The molecule has 2 heterocycles. The van der Waals surface area contributed by atoms with Crippen LogP contribution < -0.4 is 5.32 Å². The van der Waals surface area contributed by atoms with Crippen molar-refractivity contribution in [2.45, 2.75) is 45.6 Å². The molecule has 0 saturated carbocycles. The van der Waals surface area contributed by atoms with Gasteiger partial charge >= 0.3 is 6.03 Å². The smallest absolute Gasteiger partial charge is 0.322 e. The molecule has 0 spiro atoms. The van der Waals surface area contributed by atoms with Gasteiger partial charge in [-0.15, -0.1) is 5.10 Å². The van der Waals surface area contributed by atoms with Crippen molar-refractivity contribution in [3.63, 3.8) is 0 Å². The molecule has 140 valence electrons. The molecule has 2 aromatic rings. The van der Waals surface area contributed by atoms with Gasteiger partial charge in [0.15, 0.2) is 0 Å². The molecule has 1 fully saturated rings. The summed E-state index contributed by atoms with van der Waals surface area (Å²) in [6.45, 7) is 5.47. The minimum absolute atomic E-state index is 0.0535. The Morgan fingerprint density at radius 3 is 2.92 bits per heavy atom. The molecule has 8 heteroatoms. The highest BCUT2D eigenvalue weighted by atomic mass is 16.5. The number of tetrazole rings is 1. The maximum absolute atomic E-state index is 12.9. The molecule has 26 heavy (non-hydrogen) atoms. The number of benzene rings is 1. The highest BCUT2D eigenvalue weighted by Crippen LogP contribution is 2.25. The highest BCUT2D eigenvalue weighted by molar-refractivity contribution is 5.91. The molecule has 3 rings (SSSR count). The molecule has 1 aliphatic rings. The molecule has 1 aromatic heterocycles. The zero-order chi connectivity index (χ0) is 18.5. The topological polar surface area (TPSA) is 85.2 Å². The monoisotopic (exact) mass is 358 g/mol. The molecular weight excluding hydrogens is 332 g/mol. The Morgan fingerprint density at radius 1 is 1.35 bits per heavy atom. The number of nitrogens with zero attached hydrogens (tertiary/aromatic N) is 5. The molecular formula is C18H26N6O2. The molecule has 2 amide bonds. The standard InChI is InChI=1S/C18H26N6O2/c1-13-10-16(24-12-19-21-22-24)11-17(14(13)2)20-18(25)23-8-5-4-6-15(23)7-9-26-3/h10-12,15H,4-9H2,1-3H3,(H,20,25)/t15-/m1/s1. The highest BCUT2D eigenvalue weighted by Gasteiger charge is 2.26. The summed E-state index contributed by atoms with van der Waals surface area (Å²) >= 11 is 0. The molecule has 1 atom stereocenters. The van der Waals surface area contributed by atoms with E-state index in [2.05, 4.69) is 20.8 Å². The van der Waals surface area contributed by atoms with Gasteiger partial charge in [0.05, 0.1) is 5.69 Å². The van der Waals surface area contributed by atoms with Crippen LogP contribution in [0, 0.1) is 13.8 Å². The molecule has 1 aromatic carbocycles. The number of ether oxygens (including phenoxy) is 1. The number of carbonyl (C=O) groups is 1. The summed E-state index contributed by atoms with van der Waals surface area (Å²) in [5.41, 5.74) is 3.73. The van der Waals surface area contributed by atoms with Gasteiger partial charge in [-0.1, -0.05) is 0 Å². The van der Waals surface area contributed by atoms with Gasteiger partial charge in [0, 0.05) is 32.0 Å². The first-order valence-corrected chi connectivity index (χ1v) is 9.01. The van der Waals surface area contributed by atoms with Crippen LogP contribution in [-0.4, -0.2) is 57.4 Å². The zero-order valence-corrected chi connectivity index (χ0v) is 15.6. The number of nitrogens with one attached hydrogen (secondary N) is 1. The lowest BCUT2D eigenvalue weighted by Gasteiger charge is -2.36. The lowest BCUT2D eigenvalue weighted by Crippen LogP contribution is -2.46. The second-order valence-corrected chi connectivity index (χ2v) is 6.74. The summed E-state index contributed by atoms with van der Waals surface area (Å²) in [6, 6.07) is 4.09. The number of rotatable bonds is 5. The predicted octanol–water partition coefficient (Wildman–Crippen LogP) is 2.70. The van der Waals surface area contributed by atoms with E-state index in [1.54, 1.807) is 18.1 Å². The second kappa shape index (κ2) is 8.27. The first-order valence-electron chi connectivity index (χ1n) is 9.01. The quantitative estimate of drug-likeness (QED) is 0.888. The molecule has 1 aliphatic heterocycles. The lowest BCUT2D eigenvalue weighted by atomic mass is 10.00. The van der Waals surface area contributed by atoms with Gasteiger partial charge in [0.1, 0.15) is 6.33 Å². The SMILES string of the molecule is COCC[C@H]1CCCCN1C(=O)Nc1cc(-n2cnnn2)cc(C)c1C. The molecule has 1 N–H and O–H groups in total. The minimum atomic E-state index is -0.0535. The summed E-state index contributed by atoms with van der Waals surface area (Å²) in [5.74, 6) is 0. The van der Waals surface area contributed by atoms with Gasteiger partial charge in [-0.25, -0.2) is 9.48 Å². The predicted molar refractivity (Wildman–Crippen MR) is 98.5 cm³/mol. The van der Waals surface area contributed by atoms with Gasteiger partial charge in [-0.2, -0.15) is 0 Å². The number of methoxy groups -OCH3 is 1. The van der Waals surface area contributed by atoms with Crippen LogP contribution in [0.2, 0.25) is 0 Å². The Hall–Kier alpha value is -2.48. The Kier molecular flexibility index (Phi) is 5.82. The van der Waals surface area contributed by atoms with Crippen molar-refractivity contribution >= 4 is 11.7 Å². The van der Waals surface area contributed by atoms with E-state index in [0.29, 0.717) is 6.61 Å². The zero-order valence-electron chi connectivity index (χ0n) is 15.6. The minimum Gasteiger partial charge on any atom is -0.385 e. The van der Waals surface area contributed by atoms with E-state index < -0.39 is 0 Å². The number of anilines is 1. The average molecular weight is 358 g/mol. The van der Waals surface area contributed by atoms with Gasteiger partial charge in [-0.3, -0.25) is 0 Å². The molecule has 0 aliphatic carbocycles. The third-order valence-electron chi connectivity index (χ3n) is 5.05. The van der Waals surface area contributed by atoms with Crippen molar-refractivity contribution in [2.24, 2.45) is 0 Å². The Labute approximate surface area is 153 Å². The molecule has 0 unspecified atom stereocenters. The lowest BCUT2D eigenvalue weighted by molar-refractivity contribution is 0.123. The summed E-state index contributed by atoms with van der Waals surface area (Å²) < 4.78 is 6.79. The molecule has 8 nitrogen and oxygen atoms in total. The van der Waals surface area contributed by atoms with Crippen LogP contribution in [0.4, 0.5) is 10.5 Å². The number of amides is 2. The van der Waals surface area contributed by atoms with Crippen LogP contribution in [0.3, 0.4) is 0 Å². The van der Waals surface area contributed by atoms with Crippen molar-refractivity contribution in [3.8, 4) is 5.69 Å². The van der Waals surface area contributed by atoms with E-state index >= 15 is 0 Å². The number of carbonyl (C=O) groups excluding carboxylic acids is 1. The number of aryl methyl sites for hydroxylation is 1. The summed E-state index contributed by atoms with van der Waals surface area (Å²) in [5, 5.41) is 14.4. The first kappa shape index (κ1) is 18.3. The van der Waals surface area contributed by atoms with Crippen LogP contribution in [0.5, 0.6) is 0 Å². The van der Waals surface area contributed by atoms with E-state index in [1.807, 2.05) is 30.9 Å². The van der Waals surface area contributed by atoms with Crippen molar-refractivity contribution in [3.05, 3.63) is 29.6 Å². The van der Waals surface area contributed by atoms with Crippen LogP contribution in [0.15, 0.2) is 18.5 Å². The van der Waals surface area contributed by atoms with Gasteiger partial charge in [-0.05, 0) is 73.2 Å². The van der Waals surface area contributed by atoms with Crippen molar-refractivity contribution in [2.75, 3.05) is 25.6 Å². The van der Waals surface area contributed by atoms with Gasteiger partial charge in [0.2, 0.25) is 0 Å². The molecule has 0 bridgehead atoms. The summed E-state index contributed by atoms with van der Waals surface area (Å²) in [7, 11) is 1.70. The number of urea groups is 1. The van der Waals surface area contributed by atoms with Gasteiger partial charge < -0.3 is 15.0 Å². The summed E-state index contributed by atoms with van der Waals surface area (Å²) in [4.78, 5) is 14.9. The fourth-order valence-corrected chi connectivity index (χ4v) is 3.39. The van der Waals surface area contributed by atoms with Crippen LogP contribution in [-0.2, 0) is 4.74 Å². The number of aromatic nitrogens is 4. The normalized spacial score (nSPS) is 17.3. The second-order valence-electron chi connectivity index (χ2n) is 6.74. The van der Waals surface area contributed by atoms with E-state index in [4.69, 9.17) is 4.74 Å². The average Bonchev–Trinajstić information content (AvgIpc) is 3.18. The Balaban J connectivity index is 1.79. The number of hydrogen-bond acceptors (Lipinski definition) is 5. The number of piperidine rings is 1. The Morgan fingerprint density at radius 2 is 2.19 bits per heavy atom. The molecule has 1 saturated heterocycles. The maximum Gasteiger partial charge on any atom is 0.322 e. The van der Waals surface area contributed by atoms with Gasteiger partial charge in [0.25, 0.3) is 0 Å². The Bertz CT molecular complexity index is 746. The fourth-order valence-electron chi connectivity index (χ4n) is 3.39. The van der Waals surface area contributed by atoms with Crippen LogP contribution in [0.25, 0.3) is 5.69 Å². The van der Waals surface area contributed by atoms with Crippen molar-refractivity contribution < 1.29 is 9.53 Å². The summed E-state index contributed by atoms with van der Waals surface area (Å²) in [6.07, 6.45) is 5.64. The molecule has 0 radical (unpaired) electrons. The fraction of sp³-hybridized carbons (Fsp3) is 0.556. The van der Waals surface area contributed by atoms with Crippen LogP contribution >= 0.6 is 0 Å². The van der Waals surface area contributed by atoms with Crippen molar-refractivity contribution in [1.29, 1.82) is 0 Å². The van der Waals surface area contributed by atoms with Crippen LogP contribution in [0.1, 0.15) is 36.8 Å². The third-order valence-corrected chi connectivity index (χ3v) is 5.05.